The second-order valence-corrected chi connectivity index (χ2v) is 14.6. The Balaban J connectivity index is 2.17. The van der Waals surface area contributed by atoms with Gasteiger partial charge in [-0.3, -0.25) is 0 Å². The zero-order chi connectivity index (χ0) is 19.7. The number of halogens is 1. The average molecular weight is 468 g/mol. The Labute approximate surface area is 176 Å². The topological polar surface area (TPSA) is 26.3 Å². The number of rotatable bonds is 10. The van der Waals surface area contributed by atoms with Crippen molar-refractivity contribution in [1.29, 1.82) is 0 Å². The number of carbonyl (C=O) groups is 1. The molecule has 0 aliphatic rings. The van der Waals surface area contributed by atoms with Crippen LogP contribution in [0.3, 0.4) is 0 Å². The Bertz CT molecular complexity index is 684. The van der Waals surface area contributed by atoms with Crippen LogP contribution in [0.4, 0.5) is 0 Å². The molecule has 2 atom stereocenters. The molecular formula is C22H29ClO2SeSi. The van der Waals surface area contributed by atoms with Crippen LogP contribution in [0.1, 0.15) is 38.1 Å². The van der Waals surface area contributed by atoms with Gasteiger partial charge in [0.2, 0.25) is 0 Å². The molecule has 2 aromatic rings. The van der Waals surface area contributed by atoms with E-state index in [1.54, 1.807) is 0 Å². The molecule has 0 heterocycles. The maximum atomic E-state index is 12.8. The summed E-state index contributed by atoms with van der Waals surface area (Å²) in [5, 5.41) is -0.195. The first kappa shape index (κ1) is 22.2. The van der Waals surface area contributed by atoms with E-state index in [1.807, 2.05) is 48.5 Å². The number of hydrogen-bond acceptors (Lipinski definition) is 2. The van der Waals surface area contributed by atoms with Gasteiger partial charge in [0.15, 0.2) is 0 Å². The minimum absolute atomic E-state index is 0.0636. The fraction of sp³-hybridized carbons (Fsp3) is 0.409. The van der Waals surface area contributed by atoms with Crippen LogP contribution in [0, 0.1) is 0 Å². The summed E-state index contributed by atoms with van der Waals surface area (Å²) in [6.45, 7) is 6.44. The van der Waals surface area contributed by atoms with E-state index in [1.165, 1.54) is 4.46 Å². The molecule has 2 rings (SSSR count). The van der Waals surface area contributed by atoms with Crippen LogP contribution in [0.2, 0.25) is 22.9 Å². The van der Waals surface area contributed by atoms with E-state index < -0.39 is 8.32 Å². The average Bonchev–Trinajstić information content (AvgIpc) is 2.72. The molecule has 0 aliphatic heterocycles. The van der Waals surface area contributed by atoms with E-state index in [0.717, 1.165) is 23.7 Å². The van der Waals surface area contributed by atoms with Gasteiger partial charge in [-0.05, 0) is 0 Å². The Kier molecular flexibility index (Phi) is 9.11. The van der Waals surface area contributed by atoms with Gasteiger partial charge in [0.25, 0.3) is 0 Å². The Morgan fingerprint density at radius 1 is 0.963 bits per heavy atom. The van der Waals surface area contributed by atoms with Crippen LogP contribution in [0.15, 0.2) is 60.7 Å². The SMILES string of the molecule is CC[Si](CC)(CC)OC(=O)C[C@@H]([Se]c1ccccc1)[C@@H](Cl)c1ccccc1. The van der Waals surface area contributed by atoms with Crippen molar-refractivity contribution < 1.29 is 9.22 Å². The summed E-state index contributed by atoms with van der Waals surface area (Å²) in [6.07, 6.45) is 0.382. The van der Waals surface area contributed by atoms with E-state index in [4.69, 9.17) is 16.0 Å². The standard InChI is InChI=1S/C22H29ClO2SeSi/c1-4-27(5-2,6-3)25-21(24)17-20(26-19-15-11-8-12-16-19)22(23)18-13-9-7-10-14-18/h7-16,20,22H,4-6,17H2,1-3H3/t20-,22+/m1/s1. The third kappa shape index (κ3) is 6.50. The summed E-state index contributed by atoms with van der Waals surface area (Å²) in [7, 11) is -1.94. The molecule has 146 valence electrons. The van der Waals surface area contributed by atoms with Crippen molar-refractivity contribution in [1.82, 2.24) is 0 Å². The third-order valence-electron chi connectivity index (χ3n) is 5.11. The van der Waals surface area contributed by atoms with Crippen LogP contribution < -0.4 is 4.46 Å². The van der Waals surface area contributed by atoms with Crippen molar-refractivity contribution in [2.45, 2.75) is 55.5 Å². The summed E-state index contributed by atoms with van der Waals surface area (Å²) in [5.74, 6) is -0.0726. The molecule has 2 nitrogen and oxygen atoms in total. The number of benzene rings is 2. The van der Waals surface area contributed by atoms with Gasteiger partial charge < -0.3 is 0 Å². The van der Waals surface area contributed by atoms with Gasteiger partial charge in [0, 0.05) is 0 Å². The van der Waals surface area contributed by atoms with Crippen LogP contribution in [-0.4, -0.2) is 29.2 Å². The normalized spacial score (nSPS) is 13.8. The minimum atomic E-state index is -1.94. The molecule has 0 aromatic heterocycles. The molecular weight excluding hydrogens is 439 g/mol. The third-order valence-corrected chi connectivity index (χ3v) is 13.2. The van der Waals surface area contributed by atoms with Crippen molar-refractivity contribution in [2.75, 3.05) is 0 Å². The van der Waals surface area contributed by atoms with Crippen LogP contribution in [0.5, 0.6) is 0 Å². The van der Waals surface area contributed by atoms with E-state index >= 15 is 0 Å². The van der Waals surface area contributed by atoms with Crippen molar-refractivity contribution in [3.8, 4) is 0 Å². The first-order valence-corrected chi connectivity index (χ1v) is 14.5. The number of hydrogen-bond donors (Lipinski definition) is 0. The zero-order valence-electron chi connectivity index (χ0n) is 16.4. The molecule has 27 heavy (non-hydrogen) atoms. The Morgan fingerprint density at radius 3 is 2.00 bits per heavy atom. The molecule has 5 heteroatoms. The second kappa shape index (κ2) is 11.1. The van der Waals surface area contributed by atoms with Gasteiger partial charge in [-0.1, -0.05) is 0 Å². The van der Waals surface area contributed by atoms with E-state index in [2.05, 4.69) is 32.9 Å². The van der Waals surface area contributed by atoms with E-state index in [0.29, 0.717) is 6.42 Å². The first-order chi connectivity index (χ1) is 13.0. The van der Waals surface area contributed by atoms with Gasteiger partial charge in [-0.15, -0.1) is 0 Å². The molecule has 0 saturated heterocycles. The van der Waals surface area contributed by atoms with Gasteiger partial charge >= 0.3 is 176 Å². The molecule has 0 radical (unpaired) electrons. The van der Waals surface area contributed by atoms with E-state index in [9.17, 15) is 4.79 Å². The molecule has 0 spiro atoms. The molecule has 0 amide bonds. The maximum absolute atomic E-state index is 12.8. The van der Waals surface area contributed by atoms with Crippen molar-refractivity contribution in [3.63, 3.8) is 0 Å². The van der Waals surface area contributed by atoms with Gasteiger partial charge in [-0.2, -0.15) is 0 Å². The molecule has 0 fully saturated rings. The Morgan fingerprint density at radius 2 is 1.48 bits per heavy atom. The van der Waals surface area contributed by atoms with Crippen LogP contribution in [-0.2, 0) is 9.22 Å². The number of alkyl halides is 1. The monoisotopic (exact) mass is 468 g/mol. The fourth-order valence-corrected chi connectivity index (χ4v) is 8.58. The van der Waals surface area contributed by atoms with Gasteiger partial charge in [0.1, 0.15) is 0 Å². The summed E-state index contributed by atoms with van der Waals surface area (Å²) in [5.41, 5.74) is 1.07. The summed E-state index contributed by atoms with van der Waals surface area (Å²) in [6, 6.07) is 23.3. The van der Waals surface area contributed by atoms with Crippen LogP contribution >= 0.6 is 11.6 Å². The predicted molar refractivity (Wildman–Crippen MR) is 119 cm³/mol. The quantitative estimate of drug-likeness (QED) is 0.330. The first-order valence-electron chi connectivity index (χ1n) is 9.66. The predicted octanol–water partition coefficient (Wildman–Crippen LogP) is 5.72. The Hall–Kier alpha value is -1.06. The zero-order valence-corrected chi connectivity index (χ0v) is 19.8. The van der Waals surface area contributed by atoms with Gasteiger partial charge in [-0.25, -0.2) is 0 Å². The van der Waals surface area contributed by atoms with Gasteiger partial charge in [0.05, 0.1) is 0 Å². The fourth-order valence-electron chi connectivity index (χ4n) is 3.14. The number of carbonyl (C=O) groups excluding carboxylic acids is 1. The summed E-state index contributed by atoms with van der Waals surface area (Å²) >= 11 is 6.95. The molecule has 0 N–H and O–H groups in total. The molecule has 2 aromatic carbocycles. The molecule has 0 saturated carbocycles. The van der Waals surface area contributed by atoms with Crippen LogP contribution in [0.25, 0.3) is 0 Å². The molecule has 0 bridgehead atoms. The summed E-state index contributed by atoms with van der Waals surface area (Å²) in [4.78, 5) is 12.9. The molecule has 0 unspecified atom stereocenters. The second-order valence-electron chi connectivity index (χ2n) is 6.70. The van der Waals surface area contributed by atoms with Crippen molar-refractivity contribution in [3.05, 3.63) is 66.2 Å². The van der Waals surface area contributed by atoms with Crippen molar-refractivity contribution >= 4 is 45.3 Å². The van der Waals surface area contributed by atoms with Crippen molar-refractivity contribution in [2.24, 2.45) is 0 Å². The summed E-state index contributed by atoms with van der Waals surface area (Å²) < 4.78 is 7.35. The molecule has 0 aliphatic carbocycles. The van der Waals surface area contributed by atoms with E-state index in [-0.39, 0.29) is 31.1 Å².